The summed E-state index contributed by atoms with van der Waals surface area (Å²) >= 11 is 3.49. The SMILES string of the molecule is COc1cc(CN2CCCC(CN)C2)c(OC)cc1Br. The van der Waals surface area contributed by atoms with E-state index in [0.717, 1.165) is 47.7 Å². The standard InChI is InChI=1S/C15H23BrN2O2/c1-19-14-7-13(16)15(20-2)6-12(14)10-18-5-3-4-11(8-17)9-18/h6-7,11H,3-5,8-10,17H2,1-2H3. The summed E-state index contributed by atoms with van der Waals surface area (Å²) in [5.41, 5.74) is 6.96. The van der Waals surface area contributed by atoms with Gasteiger partial charge in [-0.25, -0.2) is 0 Å². The monoisotopic (exact) mass is 342 g/mol. The minimum Gasteiger partial charge on any atom is -0.496 e. The van der Waals surface area contributed by atoms with Crippen LogP contribution in [0.4, 0.5) is 0 Å². The highest BCUT2D eigenvalue weighted by atomic mass is 79.9. The lowest BCUT2D eigenvalue weighted by Gasteiger charge is -2.32. The maximum absolute atomic E-state index is 5.80. The molecule has 0 spiro atoms. The Bertz CT molecular complexity index is 454. The Morgan fingerprint density at radius 1 is 1.30 bits per heavy atom. The lowest BCUT2D eigenvalue weighted by molar-refractivity contribution is 0.169. The van der Waals surface area contributed by atoms with E-state index in [9.17, 15) is 0 Å². The van der Waals surface area contributed by atoms with E-state index in [1.54, 1.807) is 14.2 Å². The van der Waals surface area contributed by atoms with E-state index in [2.05, 4.69) is 26.9 Å². The van der Waals surface area contributed by atoms with Crippen molar-refractivity contribution in [2.75, 3.05) is 33.9 Å². The first-order valence-electron chi connectivity index (χ1n) is 7.00. The van der Waals surface area contributed by atoms with Crippen LogP contribution in [0.15, 0.2) is 16.6 Å². The predicted octanol–water partition coefficient (Wildman–Crippen LogP) is 2.64. The van der Waals surface area contributed by atoms with Crippen LogP contribution in [0, 0.1) is 5.92 Å². The molecule has 1 aromatic carbocycles. The number of hydrogen-bond donors (Lipinski definition) is 1. The summed E-state index contributed by atoms with van der Waals surface area (Å²) in [6.07, 6.45) is 2.46. The Morgan fingerprint density at radius 3 is 2.70 bits per heavy atom. The van der Waals surface area contributed by atoms with Crippen molar-refractivity contribution in [2.45, 2.75) is 19.4 Å². The zero-order valence-electron chi connectivity index (χ0n) is 12.2. The summed E-state index contributed by atoms with van der Waals surface area (Å²) in [7, 11) is 3.39. The number of methoxy groups -OCH3 is 2. The molecule has 1 saturated heterocycles. The van der Waals surface area contributed by atoms with Crippen molar-refractivity contribution >= 4 is 15.9 Å². The van der Waals surface area contributed by atoms with Crippen molar-refractivity contribution in [3.05, 3.63) is 22.2 Å². The predicted molar refractivity (Wildman–Crippen MR) is 84.3 cm³/mol. The fraction of sp³-hybridized carbons (Fsp3) is 0.600. The van der Waals surface area contributed by atoms with Gasteiger partial charge in [0.05, 0.1) is 18.7 Å². The topological polar surface area (TPSA) is 47.7 Å². The van der Waals surface area contributed by atoms with Crippen LogP contribution >= 0.6 is 15.9 Å². The molecule has 2 rings (SSSR count). The Hall–Kier alpha value is -0.780. The molecule has 2 N–H and O–H groups in total. The average molecular weight is 343 g/mol. The number of rotatable bonds is 5. The maximum Gasteiger partial charge on any atom is 0.133 e. The zero-order valence-corrected chi connectivity index (χ0v) is 13.8. The third kappa shape index (κ3) is 3.65. The van der Waals surface area contributed by atoms with Gasteiger partial charge >= 0.3 is 0 Å². The summed E-state index contributed by atoms with van der Waals surface area (Å²) in [5.74, 6) is 2.35. The molecule has 0 radical (unpaired) electrons. The molecular formula is C15H23BrN2O2. The van der Waals surface area contributed by atoms with Crippen molar-refractivity contribution in [1.82, 2.24) is 4.90 Å². The van der Waals surface area contributed by atoms with Crippen molar-refractivity contribution in [3.8, 4) is 11.5 Å². The maximum atomic E-state index is 5.80. The Balaban J connectivity index is 2.15. The van der Waals surface area contributed by atoms with E-state index in [4.69, 9.17) is 15.2 Å². The second kappa shape index (κ2) is 7.29. The number of nitrogens with two attached hydrogens (primary N) is 1. The van der Waals surface area contributed by atoms with Crippen molar-refractivity contribution in [1.29, 1.82) is 0 Å². The molecule has 1 unspecified atom stereocenters. The van der Waals surface area contributed by atoms with Gasteiger partial charge < -0.3 is 15.2 Å². The van der Waals surface area contributed by atoms with Crippen LogP contribution in [0.3, 0.4) is 0 Å². The third-order valence-corrected chi connectivity index (χ3v) is 4.50. The van der Waals surface area contributed by atoms with Gasteiger partial charge in [0.2, 0.25) is 0 Å². The van der Waals surface area contributed by atoms with E-state index >= 15 is 0 Å². The van der Waals surface area contributed by atoms with Crippen LogP contribution in [-0.2, 0) is 6.54 Å². The summed E-state index contributed by atoms with van der Waals surface area (Å²) in [6, 6.07) is 4.02. The molecule has 1 heterocycles. The molecule has 1 aliphatic rings. The molecule has 0 aliphatic carbocycles. The lowest BCUT2D eigenvalue weighted by Crippen LogP contribution is -2.37. The molecule has 1 aliphatic heterocycles. The van der Waals surface area contributed by atoms with Gasteiger partial charge in [0, 0.05) is 18.7 Å². The molecule has 1 aromatic rings. The number of benzene rings is 1. The minimum atomic E-state index is 0.618. The smallest absolute Gasteiger partial charge is 0.133 e. The Kier molecular flexibility index (Phi) is 5.69. The van der Waals surface area contributed by atoms with Crippen molar-refractivity contribution in [2.24, 2.45) is 11.7 Å². The third-order valence-electron chi connectivity index (χ3n) is 3.89. The quantitative estimate of drug-likeness (QED) is 0.893. The first-order valence-corrected chi connectivity index (χ1v) is 7.80. The van der Waals surface area contributed by atoms with E-state index < -0.39 is 0 Å². The van der Waals surface area contributed by atoms with Crippen molar-refractivity contribution in [3.63, 3.8) is 0 Å². The van der Waals surface area contributed by atoms with Gasteiger partial charge in [-0.3, -0.25) is 4.90 Å². The molecule has 0 bridgehead atoms. The first kappa shape index (κ1) is 15.6. The van der Waals surface area contributed by atoms with Gasteiger partial charge in [-0.1, -0.05) is 0 Å². The van der Waals surface area contributed by atoms with E-state index in [-0.39, 0.29) is 0 Å². The van der Waals surface area contributed by atoms with Gasteiger partial charge in [-0.05, 0) is 59.9 Å². The van der Waals surface area contributed by atoms with Gasteiger partial charge in [0.1, 0.15) is 11.5 Å². The molecule has 20 heavy (non-hydrogen) atoms. The number of nitrogens with zero attached hydrogens (tertiary/aromatic N) is 1. The molecule has 0 amide bonds. The number of ether oxygens (including phenoxy) is 2. The number of piperidine rings is 1. The number of hydrogen-bond acceptors (Lipinski definition) is 4. The summed E-state index contributed by atoms with van der Waals surface area (Å²) in [4.78, 5) is 2.45. The summed E-state index contributed by atoms with van der Waals surface area (Å²) < 4.78 is 11.8. The second-order valence-electron chi connectivity index (χ2n) is 5.28. The molecule has 5 heteroatoms. The van der Waals surface area contributed by atoms with Crippen LogP contribution in [0.5, 0.6) is 11.5 Å². The van der Waals surface area contributed by atoms with Crippen LogP contribution in [-0.4, -0.2) is 38.8 Å². The van der Waals surface area contributed by atoms with Crippen LogP contribution in [0.1, 0.15) is 18.4 Å². The molecule has 1 fully saturated rings. The second-order valence-corrected chi connectivity index (χ2v) is 6.13. The lowest BCUT2D eigenvalue weighted by atomic mass is 9.98. The fourth-order valence-electron chi connectivity index (χ4n) is 2.78. The highest BCUT2D eigenvalue weighted by Gasteiger charge is 2.20. The highest BCUT2D eigenvalue weighted by Crippen LogP contribution is 2.34. The summed E-state index contributed by atoms with van der Waals surface area (Å²) in [5, 5.41) is 0. The highest BCUT2D eigenvalue weighted by molar-refractivity contribution is 9.10. The Labute approximate surface area is 129 Å². The van der Waals surface area contributed by atoms with Gasteiger partial charge in [-0.2, -0.15) is 0 Å². The van der Waals surface area contributed by atoms with Gasteiger partial charge in [-0.15, -0.1) is 0 Å². The molecule has 1 atom stereocenters. The molecule has 4 nitrogen and oxygen atoms in total. The van der Waals surface area contributed by atoms with E-state index in [1.807, 2.05) is 6.07 Å². The first-order chi connectivity index (χ1) is 9.67. The normalized spacial score (nSPS) is 19.9. The van der Waals surface area contributed by atoms with Gasteiger partial charge in [0.25, 0.3) is 0 Å². The van der Waals surface area contributed by atoms with Crippen LogP contribution in [0.25, 0.3) is 0 Å². The van der Waals surface area contributed by atoms with Gasteiger partial charge in [0.15, 0.2) is 0 Å². The zero-order chi connectivity index (χ0) is 14.5. The fourth-order valence-corrected chi connectivity index (χ4v) is 3.26. The van der Waals surface area contributed by atoms with E-state index in [0.29, 0.717) is 5.92 Å². The largest absolute Gasteiger partial charge is 0.496 e. The van der Waals surface area contributed by atoms with Crippen LogP contribution < -0.4 is 15.2 Å². The van der Waals surface area contributed by atoms with Crippen molar-refractivity contribution < 1.29 is 9.47 Å². The minimum absolute atomic E-state index is 0.618. The summed E-state index contributed by atoms with van der Waals surface area (Å²) in [6.45, 7) is 3.84. The number of halogens is 1. The molecule has 0 saturated carbocycles. The molecule has 112 valence electrons. The van der Waals surface area contributed by atoms with E-state index in [1.165, 1.54) is 12.8 Å². The van der Waals surface area contributed by atoms with Crippen LogP contribution in [0.2, 0.25) is 0 Å². The Morgan fingerprint density at radius 2 is 2.05 bits per heavy atom. The molecule has 0 aromatic heterocycles. The average Bonchev–Trinajstić information content (AvgIpc) is 2.48. The number of likely N-dealkylation sites (tertiary alicyclic amines) is 1. The molecular weight excluding hydrogens is 320 g/mol.